The third-order valence-corrected chi connectivity index (χ3v) is 2.81. The molecule has 66 valence electrons. The van der Waals surface area contributed by atoms with Crippen molar-refractivity contribution in [3.05, 3.63) is 29.4 Å². The zero-order valence-corrected chi connectivity index (χ0v) is 7.89. The molecule has 0 unspecified atom stereocenters. The summed E-state index contributed by atoms with van der Waals surface area (Å²) in [6.07, 6.45) is 3.45. The average molecular weight is 192 g/mol. The first-order valence-electron chi connectivity index (χ1n) is 3.88. The lowest BCUT2D eigenvalue weighted by atomic mass is 10.4. The molecule has 13 heavy (non-hydrogen) atoms. The number of Topliss-reactive ketones (excluding diaryl/α,β-unsaturated/α-hetero) is 1. The van der Waals surface area contributed by atoms with Gasteiger partial charge >= 0.3 is 0 Å². The maximum atomic E-state index is 11.0. The van der Waals surface area contributed by atoms with E-state index in [0.717, 1.165) is 10.7 Å². The number of rotatable bonds is 2. The summed E-state index contributed by atoms with van der Waals surface area (Å²) in [6.45, 7) is 1.55. The minimum atomic E-state index is 0.0651. The minimum Gasteiger partial charge on any atom is -0.359 e. The lowest BCUT2D eigenvalue weighted by Crippen LogP contribution is -1.83. The molecule has 0 aliphatic heterocycles. The largest absolute Gasteiger partial charge is 0.359 e. The Kier molecular flexibility index (Phi) is 1.98. The smallest absolute Gasteiger partial charge is 0.171 e. The van der Waals surface area contributed by atoms with E-state index in [1.165, 1.54) is 11.3 Å². The lowest BCUT2D eigenvalue weighted by Gasteiger charge is -1.86. The van der Waals surface area contributed by atoms with Crippen LogP contribution in [0.2, 0.25) is 0 Å². The van der Waals surface area contributed by atoms with Crippen molar-refractivity contribution < 1.29 is 4.79 Å². The SMILES string of the molecule is CC(=O)c1cnc(-c2ccc[nH]2)s1. The molecule has 0 aliphatic rings. The fraction of sp³-hybridized carbons (Fsp3) is 0.111. The van der Waals surface area contributed by atoms with Gasteiger partial charge in [0.15, 0.2) is 5.78 Å². The number of carbonyl (C=O) groups excluding carboxylic acids is 1. The average Bonchev–Trinajstić information content (AvgIpc) is 2.75. The molecule has 0 saturated heterocycles. The molecule has 0 fully saturated rings. The van der Waals surface area contributed by atoms with Crippen LogP contribution in [-0.2, 0) is 0 Å². The van der Waals surface area contributed by atoms with E-state index in [9.17, 15) is 4.79 Å². The Balaban J connectivity index is 2.39. The van der Waals surface area contributed by atoms with Gasteiger partial charge in [-0.25, -0.2) is 4.98 Å². The first kappa shape index (κ1) is 8.19. The molecule has 2 heterocycles. The molecule has 0 amide bonds. The minimum absolute atomic E-state index is 0.0651. The van der Waals surface area contributed by atoms with Gasteiger partial charge < -0.3 is 4.98 Å². The van der Waals surface area contributed by atoms with Crippen molar-refractivity contribution in [1.29, 1.82) is 0 Å². The molecule has 0 aliphatic carbocycles. The molecular formula is C9H8N2OS. The van der Waals surface area contributed by atoms with Crippen LogP contribution in [0.5, 0.6) is 0 Å². The number of hydrogen-bond acceptors (Lipinski definition) is 3. The highest BCUT2D eigenvalue weighted by molar-refractivity contribution is 7.16. The first-order valence-corrected chi connectivity index (χ1v) is 4.69. The fourth-order valence-electron chi connectivity index (χ4n) is 1.02. The maximum absolute atomic E-state index is 11.0. The second kappa shape index (κ2) is 3.14. The Labute approximate surface area is 79.4 Å². The van der Waals surface area contributed by atoms with Gasteiger partial charge in [0.25, 0.3) is 0 Å². The number of H-pyrrole nitrogens is 1. The predicted octanol–water partition coefficient (Wildman–Crippen LogP) is 2.34. The van der Waals surface area contributed by atoms with Gasteiger partial charge in [-0.3, -0.25) is 4.79 Å². The van der Waals surface area contributed by atoms with Gasteiger partial charge in [0, 0.05) is 19.3 Å². The molecule has 2 rings (SSSR count). The van der Waals surface area contributed by atoms with Crippen molar-refractivity contribution in [3.8, 4) is 10.7 Å². The highest BCUT2D eigenvalue weighted by Crippen LogP contribution is 2.23. The van der Waals surface area contributed by atoms with Crippen molar-refractivity contribution >= 4 is 17.1 Å². The Morgan fingerprint density at radius 3 is 3.00 bits per heavy atom. The summed E-state index contributed by atoms with van der Waals surface area (Å²) in [5.41, 5.74) is 0.956. The van der Waals surface area contributed by atoms with Gasteiger partial charge in [0.2, 0.25) is 0 Å². The van der Waals surface area contributed by atoms with Crippen LogP contribution < -0.4 is 0 Å². The molecule has 2 aromatic rings. The van der Waals surface area contributed by atoms with Crippen LogP contribution >= 0.6 is 11.3 Å². The molecule has 0 saturated carbocycles. The lowest BCUT2D eigenvalue weighted by molar-refractivity contribution is 0.102. The second-order valence-corrected chi connectivity index (χ2v) is 3.70. The molecule has 1 N–H and O–H groups in total. The van der Waals surface area contributed by atoms with Crippen LogP contribution in [-0.4, -0.2) is 15.8 Å². The highest BCUT2D eigenvalue weighted by Gasteiger charge is 2.07. The third kappa shape index (κ3) is 1.53. The van der Waals surface area contributed by atoms with Crippen LogP contribution in [0.25, 0.3) is 10.7 Å². The Morgan fingerprint density at radius 1 is 1.62 bits per heavy atom. The van der Waals surface area contributed by atoms with E-state index >= 15 is 0 Å². The van der Waals surface area contributed by atoms with Crippen LogP contribution in [0, 0.1) is 0 Å². The summed E-state index contributed by atoms with van der Waals surface area (Å²) in [5.74, 6) is 0.0651. The molecule has 2 aromatic heterocycles. The summed E-state index contributed by atoms with van der Waals surface area (Å²) < 4.78 is 0. The van der Waals surface area contributed by atoms with E-state index in [-0.39, 0.29) is 5.78 Å². The summed E-state index contributed by atoms with van der Waals surface area (Å²) in [5, 5.41) is 0.857. The van der Waals surface area contributed by atoms with E-state index in [1.54, 1.807) is 13.1 Å². The van der Waals surface area contributed by atoms with Gasteiger partial charge in [0.1, 0.15) is 5.01 Å². The molecule has 0 bridgehead atoms. The molecule has 0 aromatic carbocycles. The number of carbonyl (C=O) groups is 1. The van der Waals surface area contributed by atoms with Crippen molar-refractivity contribution in [3.63, 3.8) is 0 Å². The topological polar surface area (TPSA) is 45.8 Å². The molecule has 0 atom stereocenters. The summed E-state index contributed by atoms with van der Waals surface area (Å²) in [4.78, 5) is 18.9. The Hall–Kier alpha value is -1.42. The van der Waals surface area contributed by atoms with E-state index < -0.39 is 0 Å². The zero-order chi connectivity index (χ0) is 9.26. The summed E-state index contributed by atoms with van der Waals surface area (Å²) in [7, 11) is 0. The quantitative estimate of drug-likeness (QED) is 0.742. The summed E-state index contributed by atoms with van der Waals surface area (Å²) in [6, 6.07) is 3.84. The molecule has 4 heteroatoms. The zero-order valence-electron chi connectivity index (χ0n) is 7.07. The van der Waals surface area contributed by atoms with E-state index in [2.05, 4.69) is 9.97 Å². The molecule has 0 spiro atoms. The van der Waals surface area contributed by atoms with Crippen molar-refractivity contribution in [2.45, 2.75) is 6.92 Å². The standard InChI is InChI=1S/C9H8N2OS/c1-6(12)8-5-11-9(13-8)7-3-2-4-10-7/h2-5,10H,1H3. The number of hydrogen-bond donors (Lipinski definition) is 1. The number of aromatic nitrogens is 2. The number of nitrogens with one attached hydrogen (secondary N) is 1. The fourth-order valence-corrected chi connectivity index (χ4v) is 1.82. The van der Waals surface area contributed by atoms with Crippen molar-refractivity contribution in [2.75, 3.05) is 0 Å². The van der Waals surface area contributed by atoms with Crippen LogP contribution in [0.15, 0.2) is 24.5 Å². The van der Waals surface area contributed by atoms with Gasteiger partial charge in [-0.15, -0.1) is 11.3 Å². The normalized spacial score (nSPS) is 10.2. The Morgan fingerprint density at radius 2 is 2.46 bits per heavy atom. The maximum Gasteiger partial charge on any atom is 0.171 e. The van der Waals surface area contributed by atoms with Crippen LogP contribution in [0.4, 0.5) is 0 Å². The Bertz CT molecular complexity index is 417. The molecular weight excluding hydrogens is 184 g/mol. The third-order valence-electron chi connectivity index (χ3n) is 1.68. The van der Waals surface area contributed by atoms with Gasteiger partial charge in [0.05, 0.1) is 10.6 Å². The van der Waals surface area contributed by atoms with E-state index in [0.29, 0.717) is 4.88 Å². The predicted molar refractivity (Wildman–Crippen MR) is 51.9 cm³/mol. The van der Waals surface area contributed by atoms with Crippen LogP contribution in [0.1, 0.15) is 16.6 Å². The highest BCUT2D eigenvalue weighted by atomic mass is 32.1. The van der Waals surface area contributed by atoms with Gasteiger partial charge in [-0.2, -0.15) is 0 Å². The van der Waals surface area contributed by atoms with Crippen LogP contribution in [0.3, 0.4) is 0 Å². The second-order valence-electron chi connectivity index (χ2n) is 2.67. The number of aromatic amines is 1. The van der Waals surface area contributed by atoms with Crippen molar-refractivity contribution in [1.82, 2.24) is 9.97 Å². The summed E-state index contributed by atoms with van der Waals surface area (Å²) >= 11 is 1.41. The number of thiazole rings is 1. The van der Waals surface area contributed by atoms with E-state index in [1.807, 2.05) is 18.3 Å². The monoisotopic (exact) mass is 192 g/mol. The first-order chi connectivity index (χ1) is 6.27. The molecule has 0 radical (unpaired) electrons. The van der Waals surface area contributed by atoms with Gasteiger partial charge in [-0.1, -0.05) is 0 Å². The number of nitrogens with zero attached hydrogens (tertiary/aromatic N) is 1. The van der Waals surface area contributed by atoms with Gasteiger partial charge in [-0.05, 0) is 12.1 Å². The van der Waals surface area contributed by atoms with E-state index in [4.69, 9.17) is 0 Å². The molecule has 3 nitrogen and oxygen atoms in total. The van der Waals surface area contributed by atoms with Crippen molar-refractivity contribution in [2.24, 2.45) is 0 Å². The number of ketones is 1.